The van der Waals surface area contributed by atoms with Crippen molar-refractivity contribution in [2.45, 2.75) is 26.3 Å². The van der Waals surface area contributed by atoms with E-state index in [2.05, 4.69) is 5.32 Å². The second-order valence-corrected chi connectivity index (χ2v) is 3.81. The molecule has 0 bridgehead atoms. The van der Waals surface area contributed by atoms with E-state index in [-0.39, 0.29) is 12.5 Å². The van der Waals surface area contributed by atoms with E-state index in [1.54, 1.807) is 0 Å². The quantitative estimate of drug-likeness (QED) is 0.480. The summed E-state index contributed by atoms with van der Waals surface area (Å²) in [6, 6.07) is -1.76. The fraction of sp³-hybridized carbons (Fsp3) is 0.667. The molecule has 0 radical (unpaired) electrons. The summed E-state index contributed by atoms with van der Waals surface area (Å²) in [5.74, 6) is -1.49. The number of imide groups is 1. The van der Waals surface area contributed by atoms with Gasteiger partial charge in [-0.3, -0.25) is 20.2 Å². The van der Waals surface area contributed by atoms with Gasteiger partial charge in [0.25, 0.3) is 0 Å². The highest BCUT2D eigenvalue weighted by Crippen LogP contribution is 2.04. The molecule has 0 aromatic heterocycles. The first kappa shape index (κ1) is 14.4. The Morgan fingerprint density at radius 1 is 1.31 bits per heavy atom. The SMILES string of the molecule is CC(C)CC(NCC(=O)NC(N)=O)C(=O)O. The Hall–Kier alpha value is -1.63. The largest absolute Gasteiger partial charge is 0.480 e. The predicted molar refractivity (Wildman–Crippen MR) is 56.6 cm³/mol. The van der Waals surface area contributed by atoms with E-state index < -0.39 is 23.9 Å². The maximum atomic E-state index is 11.0. The number of hydrogen-bond donors (Lipinski definition) is 4. The van der Waals surface area contributed by atoms with E-state index >= 15 is 0 Å². The highest BCUT2D eigenvalue weighted by molar-refractivity contribution is 5.94. The molecule has 7 heteroatoms. The van der Waals surface area contributed by atoms with Crippen molar-refractivity contribution in [3.8, 4) is 0 Å². The van der Waals surface area contributed by atoms with E-state index in [1.165, 1.54) is 0 Å². The first-order valence-corrected chi connectivity index (χ1v) is 4.88. The monoisotopic (exact) mass is 231 g/mol. The summed E-state index contributed by atoms with van der Waals surface area (Å²) < 4.78 is 0. The van der Waals surface area contributed by atoms with E-state index in [9.17, 15) is 14.4 Å². The molecule has 0 aliphatic carbocycles. The fourth-order valence-corrected chi connectivity index (χ4v) is 1.14. The van der Waals surface area contributed by atoms with Crippen LogP contribution in [0.4, 0.5) is 4.79 Å². The zero-order valence-corrected chi connectivity index (χ0v) is 9.32. The molecule has 0 aliphatic heterocycles. The molecule has 0 fully saturated rings. The minimum absolute atomic E-state index is 0.188. The maximum Gasteiger partial charge on any atom is 0.320 e. The lowest BCUT2D eigenvalue weighted by Gasteiger charge is -2.15. The van der Waals surface area contributed by atoms with Crippen LogP contribution in [-0.2, 0) is 9.59 Å². The van der Waals surface area contributed by atoms with Gasteiger partial charge in [-0.15, -0.1) is 0 Å². The van der Waals surface area contributed by atoms with Crippen molar-refractivity contribution in [2.24, 2.45) is 11.7 Å². The van der Waals surface area contributed by atoms with Crippen molar-refractivity contribution in [3.05, 3.63) is 0 Å². The maximum absolute atomic E-state index is 11.0. The van der Waals surface area contributed by atoms with Crippen molar-refractivity contribution in [3.63, 3.8) is 0 Å². The molecule has 3 amide bonds. The van der Waals surface area contributed by atoms with Gasteiger partial charge in [-0.1, -0.05) is 13.8 Å². The molecule has 0 heterocycles. The third-order valence-electron chi connectivity index (χ3n) is 1.78. The number of carboxylic acids is 1. The summed E-state index contributed by atoms with van der Waals surface area (Å²) >= 11 is 0. The lowest BCUT2D eigenvalue weighted by molar-refractivity contribution is -0.140. The van der Waals surface area contributed by atoms with E-state index in [0.29, 0.717) is 6.42 Å². The van der Waals surface area contributed by atoms with Gasteiger partial charge >= 0.3 is 12.0 Å². The Balaban J connectivity index is 4.07. The Labute approximate surface area is 93.4 Å². The summed E-state index contributed by atoms with van der Waals surface area (Å²) in [5, 5.41) is 13.2. The molecule has 0 rings (SSSR count). The van der Waals surface area contributed by atoms with Gasteiger partial charge in [-0.25, -0.2) is 4.79 Å². The Morgan fingerprint density at radius 2 is 1.88 bits per heavy atom. The average molecular weight is 231 g/mol. The molecular weight excluding hydrogens is 214 g/mol. The minimum Gasteiger partial charge on any atom is -0.480 e. The third-order valence-corrected chi connectivity index (χ3v) is 1.78. The molecule has 0 aromatic rings. The second-order valence-electron chi connectivity index (χ2n) is 3.81. The van der Waals surface area contributed by atoms with E-state index in [1.807, 2.05) is 19.2 Å². The number of carbonyl (C=O) groups excluding carboxylic acids is 2. The Morgan fingerprint density at radius 3 is 2.25 bits per heavy atom. The normalized spacial score (nSPS) is 12.2. The van der Waals surface area contributed by atoms with Gasteiger partial charge in [0.1, 0.15) is 6.04 Å². The summed E-state index contributed by atoms with van der Waals surface area (Å²) in [7, 11) is 0. The van der Waals surface area contributed by atoms with Crippen LogP contribution in [0.3, 0.4) is 0 Å². The Bertz CT molecular complexity index is 278. The molecule has 92 valence electrons. The molecule has 0 saturated heterocycles. The first-order chi connectivity index (χ1) is 7.32. The topological polar surface area (TPSA) is 122 Å². The number of carboxylic acid groups (broad SMARTS) is 1. The number of carbonyl (C=O) groups is 3. The van der Waals surface area contributed by atoms with Gasteiger partial charge < -0.3 is 10.8 Å². The standard InChI is InChI=1S/C9H17N3O4/c1-5(2)3-6(8(14)15)11-4-7(13)12-9(10)16/h5-6,11H,3-4H2,1-2H3,(H,14,15)(H3,10,12,13,16). The smallest absolute Gasteiger partial charge is 0.320 e. The van der Waals surface area contributed by atoms with Crippen LogP contribution in [0, 0.1) is 5.92 Å². The summed E-state index contributed by atoms with van der Waals surface area (Å²) in [6.45, 7) is 3.49. The molecule has 0 saturated carbocycles. The fourth-order valence-electron chi connectivity index (χ4n) is 1.14. The van der Waals surface area contributed by atoms with Crippen LogP contribution in [0.2, 0.25) is 0 Å². The van der Waals surface area contributed by atoms with Crippen LogP contribution < -0.4 is 16.4 Å². The van der Waals surface area contributed by atoms with Gasteiger partial charge in [0.05, 0.1) is 6.54 Å². The molecule has 5 N–H and O–H groups in total. The molecule has 1 atom stereocenters. The number of nitrogens with one attached hydrogen (secondary N) is 2. The van der Waals surface area contributed by atoms with Crippen LogP contribution >= 0.6 is 0 Å². The average Bonchev–Trinajstić information content (AvgIpc) is 2.09. The van der Waals surface area contributed by atoms with Crippen LogP contribution in [0.25, 0.3) is 0 Å². The predicted octanol–water partition coefficient (Wildman–Crippen LogP) is -0.730. The van der Waals surface area contributed by atoms with Gasteiger partial charge in [-0.05, 0) is 12.3 Å². The lowest BCUT2D eigenvalue weighted by atomic mass is 10.0. The summed E-state index contributed by atoms with van der Waals surface area (Å²) in [4.78, 5) is 32.1. The lowest BCUT2D eigenvalue weighted by Crippen LogP contribution is -2.46. The number of hydrogen-bond acceptors (Lipinski definition) is 4. The Kier molecular flexibility index (Phi) is 6.09. The first-order valence-electron chi connectivity index (χ1n) is 4.88. The summed E-state index contributed by atoms with van der Waals surface area (Å²) in [6.07, 6.45) is 0.402. The number of rotatable bonds is 6. The number of primary amides is 1. The third kappa shape index (κ3) is 6.77. The van der Waals surface area contributed by atoms with Crippen LogP contribution in [0.15, 0.2) is 0 Å². The summed E-state index contributed by atoms with van der Waals surface area (Å²) in [5.41, 5.74) is 4.73. The highest BCUT2D eigenvalue weighted by Gasteiger charge is 2.19. The zero-order chi connectivity index (χ0) is 12.7. The van der Waals surface area contributed by atoms with Gasteiger partial charge in [0, 0.05) is 0 Å². The molecule has 1 unspecified atom stereocenters. The van der Waals surface area contributed by atoms with Gasteiger partial charge in [0.2, 0.25) is 5.91 Å². The van der Waals surface area contributed by atoms with Crippen LogP contribution in [0.5, 0.6) is 0 Å². The molecular formula is C9H17N3O4. The van der Waals surface area contributed by atoms with Crippen molar-refractivity contribution in [1.82, 2.24) is 10.6 Å². The van der Waals surface area contributed by atoms with Crippen molar-refractivity contribution in [1.29, 1.82) is 0 Å². The van der Waals surface area contributed by atoms with Gasteiger partial charge in [0.15, 0.2) is 0 Å². The van der Waals surface area contributed by atoms with Crippen molar-refractivity contribution < 1.29 is 19.5 Å². The van der Waals surface area contributed by atoms with Gasteiger partial charge in [-0.2, -0.15) is 0 Å². The molecule has 0 aromatic carbocycles. The number of amides is 3. The van der Waals surface area contributed by atoms with E-state index in [0.717, 1.165) is 0 Å². The van der Waals surface area contributed by atoms with Crippen LogP contribution in [0.1, 0.15) is 20.3 Å². The molecule has 7 nitrogen and oxygen atoms in total. The number of urea groups is 1. The minimum atomic E-state index is -1.03. The molecule has 0 aliphatic rings. The van der Waals surface area contributed by atoms with E-state index in [4.69, 9.17) is 10.8 Å². The van der Waals surface area contributed by atoms with Crippen molar-refractivity contribution >= 4 is 17.9 Å². The number of aliphatic carboxylic acids is 1. The zero-order valence-electron chi connectivity index (χ0n) is 9.32. The molecule has 16 heavy (non-hydrogen) atoms. The highest BCUT2D eigenvalue weighted by atomic mass is 16.4. The van der Waals surface area contributed by atoms with Crippen LogP contribution in [-0.4, -0.2) is 35.6 Å². The van der Waals surface area contributed by atoms with Crippen molar-refractivity contribution in [2.75, 3.05) is 6.54 Å². The number of nitrogens with two attached hydrogens (primary N) is 1. The molecule has 0 spiro atoms. The second kappa shape index (κ2) is 6.78.